The summed E-state index contributed by atoms with van der Waals surface area (Å²) in [5, 5.41) is 3.85. The van der Waals surface area contributed by atoms with Crippen LogP contribution in [0.25, 0.3) is 0 Å². The van der Waals surface area contributed by atoms with Crippen molar-refractivity contribution in [1.82, 2.24) is 15.0 Å². The van der Waals surface area contributed by atoms with E-state index < -0.39 is 5.54 Å². The number of nitrogens with zero attached hydrogens (tertiary/aromatic N) is 3. The van der Waals surface area contributed by atoms with Crippen LogP contribution in [0.2, 0.25) is 0 Å². The number of primary amides is 1. The molecule has 7 heteroatoms. The molecule has 0 radical (unpaired) electrons. The third-order valence-electron chi connectivity index (χ3n) is 3.08. The standard InChI is InChI=1S/C11H19N5O2/c1-11(2,13)10-14-8(18-15-10)6-16-4-3-7(5-16)9(12)17/h7H,3-6,13H2,1-2H3,(H2,12,17). The van der Waals surface area contributed by atoms with Crippen molar-refractivity contribution in [3.8, 4) is 0 Å². The molecule has 1 amide bonds. The summed E-state index contributed by atoms with van der Waals surface area (Å²) in [6.07, 6.45) is 0.790. The second-order valence-corrected chi connectivity index (χ2v) is 5.36. The van der Waals surface area contributed by atoms with Gasteiger partial charge in [0.25, 0.3) is 0 Å². The summed E-state index contributed by atoms with van der Waals surface area (Å²) in [4.78, 5) is 17.4. The molecule has 1 aromatic rings. The molecule has 4 N–H and O–H groups in total. The van der Waals surface area contributed by atoms with E-state index in [1.807, 2.05) is 13.8 Å². The van der Waals surface area contributed by atoms with Crippen LogP contribution in [0.1, 0.15) is 32.0 Å². The number of likely N-dealkylation sites (tertiary alicyclic amines) is 1. The van der Waals surface area contributed by atoms with Crippen molar-refractivity contribution in [2.45, 2.75) is 32.4 Å². The van der Waals surface area contributed by atoms with E-state index in [0.717, 1.165) is 13.0 Å². The van der Waals surface area contributed by atoms with Gasteiger partial charge in [0, 0.05) is 6.54 Å². The number of hydrogen-bond acceptors (Lipinski definition) is 6. The lowest BCUT2D eigenvalue weighted by atomic mass is 10.1. The molecule has 0 spiro atoms. The quantitative estimate of drug-likeness (QED) is 0.753. The molecule has 0 bridgehead atoms. The van der Waals surface area contributed by atoms with Gasteiger partial charge in [-0.15, -0.1) is 0 Å². The fourth-order valence-electron chi connectivity index (χ4n) is 1.98. The van der Waals surface area contributed by atoms with Crippen molar-refractivity contribution in [3.63, 3.8) is 0 Å². The second-order valence-electron chi connectivity index (χ2n) is 5.36. The van der Waals surface area contributed by atoms with Crippen LogP contribution in [-0.2, 0) is 16.9 Å². The zero-order chi connectivity index (χ0) is 13.3. The normalized spacial score (nSPS) is 21.4. The van der Waals surface area contributed by atoms with E-state index in [1.54, 1.807) is 0 Å². The Hall–Kier alpha value is -1.47. The average molecular weight is 253 g/mol. The molecule has 0 saturated carbocycles. The molecule has 0 aromatic carbocycles. The van der Waals surface area contributed by atoms with Crippen molar-refractivity contribution >= 4 is 5.91 Å². The first-order valence-electron chi connectivity index (χ1n) is 6.00. The summed E-state index contributed by atoms with van der Waals surface area (Å²) in [6.45, 7) is 5.64. The molecular formula is C11H19N5O2. The lowest BCUT2D eigenvalue weighted by Gasteiger charge is -2.12. The topological polar surface area (TPSA) is 111 Å². The maximum absolute atomic E-state index is 11.1. The van der Waals surface area contributed by atoms with Gasteiger partial charge in [-0.3, -0.25) is 9.69 Å². The number of aromatic nitrogens is 2. The largest absolute Gasteiger partial charge is 0.369 e. The SMILES string of the molecule is CC(C)(N)c1noc(CN2CCC(C(N)=O)C2)n1. The maximum atomic E-state index is 11.1. The second kappa shape index (κ2) is 4.66. The van der Waals surface area contributed by atoms with E-state index in [4.69, 9.17) is 16.0 Å². The maximum Gasteiger partial charge on any atom is 0.240 e. The first kappa shape index (κ1) is 13.0. The summed E-state index contributed by atoms with van der Waals surface area (Å²) >= 11 is 0. The fourth-order valence-corrected chi connectivity index (χ4v) is 1.98. The number of nitrogens with two attached hydrogens (primary N) is 2. The molecule has 2 rings (SSSR count). The molecule has 100 valence electrons. The monoisotopic (exact) mass is 253 g/mol. The highest BCUT2D eigenvalue weighted by Gasteiger charge is 2.28. The predicted octanol–water partition coefficient (Wildman–Crippen LogP) is -0.429. The van der Waals surface area contributed by atoms with Crippen LogP contribution in [0.5, 0.6) is 0 Å². The molecule has 1 saturated heterocycles. The number of carbonyl (C=O) groups is 1. The van der Waals surface area contributed by atoms with E-state index in [9.17, 15) is 4.79 Å². The molecule has 1 unspecified atom stereocenters. The van der Waals surface area contributed by atoms with Gasteiger partial charge < -0.3 is 16.0 Å². The molecule has 0 aliphatic carbocycles. The minimum absolute atomic E-state index is 0.0710. The van der Waals surface area contributed by atoms with Gasteiger partial charge in [-0.1, -0.05) is 5.16 Å². The van der Waals surface area contributed by atoms with Gasteiger partial charge in [0.1, 0.15) is 0 Å². The molecular weight excluding hydrogens is 234 g/mol. The summed E-state index contributed by atoms with van der Waals surface area (Å²) in [5.74, 6) is 0.696. The molecule has 18 heavy (non-hydrogen) atoms. The smallest absolute Gasteiger partial charge is 0.240 e. The van der Waals surface area contributed by atoms with Gasteiger partial charge in [0.05, 0.1) is 18.0 Å². The fraction of sp³-hybridized carbons (Fsp3) is 0.727. The van der Waals surface area contributed by atoms with Gasteiger partial charge in [-0.2, -0.15) is 4.98 Å². The highest BCUT2D eigenvalue weighted by atomic mass is 16.5. The van der Waals surface area contributed by atoms with E-state index in [-0.39, 0.29) is 11.8 Å². The zero-order valence-corrected chi connectivity index (χ0v) is 10.7. The third-order valence-corrected chi connectivity index (χ3v) is 3.08. The van der Waals surface area contributed by atoms with Crippen molar-refractivity contribution < 1.29 is 9.32 Å². The van der Waals surface area contributed by atoms with Gasteiger partial charge in [-0.25, -0.2) is 0 Å². The summed E-state index contributed by atoms with van der Waals surface area (Å²) in [6, 6.07) is 0. The highest BCUT2D eigenvalue weighted by molar-refractivity contribution is 5.77. The molecule has 1 fully saturated rings. The molecule has 2 heterocycles. The first-order valence-corrected chi connectivity index (χ1v) is 6.00. The molecule has 1 aliphatic rings. The minimum Gasteiger partial charge on any atom is -0.369 e. The van der Waals surface area contributed by atoms with E-state index >= 15 is 0 Å². The number of carbonyl (C=O) groups excluding carboxylic acids is 1. The molecule has 1 aliphatic heterocycles. The van der Waals surface area contributed by atoms with Crippen LogP contribution in [0.3, 0.4) is 0 Å². The van der Waals surface area contributed by atoms with E-state index in [1.165, 1.54) is 0 Å². The van der Waals surface area contributed by atoms with Crippen molar-refractivity contribution in [2.75, 3.05) is 13.1 Å². The van der Waals surface area contributed by atoms with Crippen LogP contribution >= 0.6 is 0 Å². The lowest BCUT2D eigenvalue weighted by molar-refractivity contribution is -0.121. The van der Waals surface area contributed by atoms with E-state index in [2.05, 4.69) is 15.0 Å². The Morgan fingerprint density at radius 2 is 2.33 bits per heavy atom. The number of amides is 1. The Balaban J connectivity index is 1.95. The van der Waals surface area contributed by atoms with Crippen molar-refractivity contribution in [3.05, 3.63) is 11.7 Å². The zero-order valence-electron chi connectivity index (χ0n) is 10.7. The van der Waals surface area contributed by atoms with Crippen LogP contribution in [0.4, 0.5) is 0 Å². The van der Waals surface area contributed by atoms with Gasteiger partial charge in [0.15, 0.2) is 5.82 Å². The van der Waals surface area contributed by atoms with Gasteiger partial charge in [0.2, 0.25) is 11.8 Å². The van der Waals surface area contributed by atoms with E-state index in [0.29, 0.717) is 24.8 Å². The minimum atomic E-state index is -0.609. The summed E-state index contributed by atoms with van der Waals surface area (Å²) < 4.78 is 5.15. The summed E-state index contributed by atoms with van der Waals surface area (Å²) in [7, 11) is 0. The Morgan fingerprint density at radius 3 is 2.83 bits per heavy atom. The highest BCUT2D eigenvalue weighted by Crippen LogP contribution is 2.19. The number of hydrogen-bond donors (Lipinski definition) is 2. The Labute approximate surface area is 105 Å². The van der Waals surface area contributed by atoms with Gasteiger partial charge in [-0.05, 0) is 26.8 Å². The molecule has 7 nitrogen and oxygen atoms in total. The molecule has 1 aromatic heterocycles. The number of rotatable bonds is 4. The van der Waals surface area contributed by atoms with Crippen LogP contribution in [-0.4, -0.2) is 34.0 Å². The third kappa shape index (κ3) is 2.85. The first-order chi connectivity index (χ1) is 8.36. The van der Waals surface area contributed by atoms with Gasteiger partial charge >= 0.3 is 0 Å². The van der Waals surface area contributed by atoms with Crippen molar-refractivity contribution in [2.24, 2.45) is 17.4 Å². The average Bonchev–Trinajstić information content (AvgIpc) is 2.85. The summed E-state index contributed by atoms with van der Waals surface area (Å²) in [5.41, 5.74) is 10.6. The lowest BCUT2D eigenvalue weighted by Crippen LogP contribution is -2.30. The van der Waals surface area contributed by atoms with Crippen LogP contribution < -0.4 is 11.5 Å². The Bertz CT molecular complexity index is 437. The Kier molecular flexibility index (Phi) is 3.36. The Morgan fingerprint density at radius 1 is 1.61 bits per heavy atom. The van der Waals surface area contributed by atoms with Crippen molar-refractivity contribution in [1.29, 1.82) is 0 Å². The molecule has 1 atom stereocenters. The van der Waals surface area contributed by atoms with Crippen LogP contribution in [0.15, 0.2) is 4.52 Å². The van der Waals surface area contributed by atoms with Crippen LogP contribution in [0, 0.1) is 5.92 Å². The predicted molar refractivity (Wildman–Crippen MR) is 64.1 cm³/mol.